The Kier molecular flexibility index (Phi) is 5.40. The summed E-state index contributed by atoms with van der Waals surface area (Å²) in [5.41, 5.74) is 1.42. The lowest BCUT2D eigenvalue weighted by Gasteiger charge is -2.42. The fourth-order valence-electron chi connectivity index (χ4n) is 3.31. The molecule has 0 spiro atoms. The summed E-state index contributed by atoms with van der Waals surface area (Å²) in [5, 5.41) is 3.67. The second-order valence-electron chi connectivity index (χ2n) is 6.64. The van der Waals surface area contributed by atoms with E-state index in [2.05, 4.69) is 43.4 Å². The molecule has 2 rings (SSSR count). The summed E-state index contributed by atoms with van der Waals surface area (Å²) >= 11 is 0. The fourth-order valence-corrected chi connectivity index (χ4v) is 3.31. The maximum Gasteiger partial charge on any atom is 0.308 e. The van der Waals surface area contributed by atoms with Crippen LogP contribution in [0.3, 0.4) is 0 Å². The van der Waals surface area contributed by atoms with E-state index in [0.717, 1.165) is 25.8 Å². The van der Waals surface area contributed by atoms with E-state index >= 15 is 0 Å². The molecule has 116 valence electrons. The number of esters is 1. The quantitative estimate of drug-likeness (QED) is 0.843. The normalized spacial score (nSPS) is 24.5. The molecule has 3 nitrogen and oxygen atoms in total. The Morgan fingerprint density at radius 3 is 2.62 bits per heavy atom. The summed E-state index contributed by atoms with van der Waals surface area (Å²) in [4.78, 5) is 11.9. The van der Waals surface area contributed by atoms with Gasteiger partial charge in [0.05, 0.1) is 12.5 Å². The van der Waals surface area contributed by atoms with Crippen molar-refractivity contribution in [1.82, 2.24) is 5.32 Å². The summed E-state index contributed by atoms with van der Waals surface area (Å²) in [6.07, 6.45) is 2.86. The summed E-state index contributed by atoms with van der Waals surface area (Å²) < 4.78 is 5.18. The van der Waals surface area contributed by atoms with E-state index in [9.17, 15) is 4.79 Å². The van der Waals surface area contributed by atoms with Gasteiger partial charge in [0.25, 0.3) is 0 Å². The Balaban J connectivity index is 1.90. The van der Waals surface area contributed by atoms with Crippen LogP contribution < -0.4 is 5.32 Å². The van der Waals surface area contributed by atoms with Crippen molar-refractivity contribution in [2.45, 2.75) is 52.6 Å². The molecule has 1 N–H and O–H groups in total. The highest BCUT2D eigenvalue weighted by Crippen LogP contribution is 2.39. The third-order valence-corrected chi connectivity index (χ3v) is 4.53. The Morgan fingerprint density at radius 1 is 1.29 bits per heavy atom. The molecule has 0 aliphatic heterocycles. The maximum absolute atomic E-state index is 11.9. The number of carbonyl (C=O) groups excluding carboxylic acids is 1. The SMILES string of the molecule is CCOC(=O)[C@H]1CC[C@H](NCc2ccccc2)C(C)(C)C1. The predicted octanol–water partition coefficient (Wildman–Crippen LogP) is 3.53. The minimum Gasteiger partial charge on any atom is -0.466 e. The topological polar surface area (TPSA) is 38.3 Å². The molecule has 1 saturated carbocycles. The van der Waals surface area contributed by atoms with Gasteiger partial charge in [-0.3, -0.25) is 4.79 Å². The molecule has 0 bridgehead atoms. The third kappa shape index (κ3) is 4.31. The second-order valence-corrected chi connectivity index (χ2v) is 6.64. The van der Waals surface area contributed by atoms with Crippen LogP contribution in [-0.4, -0.2) is 18.6 Å². The molecule has 3 heteroatoms. The Hall–Kier alpha value is -1.35. The third-order valence-electron chi connectivity index (χ3n) is 4.53. The summed E-state index contributed by atoms with van der Waals surface area (Å²) in [7, 11) is 0. The molecular formula is C18H27NO2. The van der Waals surface area contributed by atoms with Gasteiger partial charge in [-0.05, 0) is 37.2 Å². The summed E-state index contributed by atoms with van der Waals surface area (Å²) in [5.74, 6) is 0.0433. The minimum atomic E-state index is -0.0212. The van der Waals surface area contributed by atoms with Gasteiger partial charge in [0.15, 0.2) is 0 Å². The summed E-state index contributed by atoms with van der Waals surface area (Å²) in [6.45, 7) is 7.74. The van der Waals surface area contributed by atoms with Crippen LogP contribution in [-0.2, 0) is 16.1 Å². The number of hydrogen-bond donors (Lipinski definition) is 1. The number of nitrogens with one attached hydrogen (secondary N) is 1. The van der Waals surface area contributed by atoms with E-state index in [0.29, 0.717) is 12.6 Å². The van der Waals surface area contributed by atoms with Gasteiger partial charge in [-0.25, -0.2) is 0 Å². The van der Waals surface area contributed by atoms with E-state index in [4.69, 9.17) is 4.74 Å². The van der Waals surface area contributed by atoms with Crippen molar-refractivity contribution in [2.75, 3.05) is 6.61 Å². The van der Waals surface area contributed by atoms with Crippen LogP contribution >= 0.6 is 0 Å². The summed E-state index contributed by atoms with van der Waals surface area (Å²) in [6, 6.07) is 10.9. The van der Waals surface area contributed by atoms with Crippen molar-refractivity contribution in [1.29, 1.82) is 0 Å². The lowest BCUT2D eigenvalue weighted by atomic mass is 9.68. The van der Waals surface area contributed by atoms with Gasteiger partial charge in [-0.1, -0.05) is 44.2 Å². The first-order valence-corrected chi connectivity index (χ1v) is 7.97. The Morgan fingerprint density at radius 2 is 2.00 bits per heavy atom. The van der Waals surface area contributed by atoms with Crippen molar-refractivity contribution < 1.29 is 9.53 Å². The molecule has 1 fully saturated rings. The van der Waals surface area contributed by atoms with Crippen LogP contribution in [0.25, 0.3) is 0 Å². The van der Waals surface area contributed by atoms with Crippen LogP contribution in [0.4, 0.5) is 0 Å². The van der Waals surface area contributed by atoms with Crippen LogP contribution in [0.1, 0.15) is 45.6 Å². The van der Waals surface area contributed by atoms with Crippen molar-refractivity contribution in [3.63, 3.8) is 0 Å². The van der Waals surface area contributed by atoms with E-state index in [1.165, 1.54) is 5.56 Å². The number of ether oxygens (including phenoxy) is 1. The Bertz CT molecular complexity index is 456. The van der Waals surface area contributed by atoms with Crippen molar-refractivity contribution in [3.05, 3.63) is 35.9 Å². The average molecular weight is 289 g/mol. The molecule has 1 aromatic rings. The minimum absolute atomic E-state index is 0.0212. The van der Waals surface area contributed by atoms with E-state index in [-0.39, 0.29) is 17.3 Å². The van der Waals surface area contributed by atoms with Crippen LogP contribution in [0.2, 0.25) is 0 Å². The molecule has 1 aliphatic rings. The van der Waals surface area contributed by atoms with E-state index < -0.39 is 0 Å². The van der Waals surface area contributed by atoms with Crippen molar-refractivity contribution in [2.24, 2.45) is 11.3 Å². The zero-order chi connectivity index (χ0) is 15.3. The molecular weight excluding hydrogens is 262 g/mol. The second kappa shape index (κ2) is 7.08. The zero-order valence-electron chi connectivity index (χ0n) is 13.4. The molecule has 1 aliphatic carbocycles. The number of hydrogen-bond acceptors (Lipinski definition) is 3. The molecule has 21 heavy (non-hydrogen) atoms. The molecule has 1 aromatic carbocycles. The number of benzene rings is 1. The maximum atomic E-state index is 11.9. The van der Waals surface area contributed by atoms with Gasteiger partial charge < -0.3 is 10.1 Å². The molecule has 0 aromatic heterocycles. The zero-order valence-corrected chi connectivity index (χ0v) is 13.4. The average Bonchev–Trinajstić information content (AvgIpc) is 2.46. The largest absolute Gasteiger partial charge is 0.466 e. The van der Waals surface area contributed by atoms with Crippen molar-refractivity contribution >= 4 is 5.97 Å². The first-order chi connectivity index (χ1) is 10.0. The smallest absolute Gasteiger partial charge is 0.308 e. The first-order valence-electron chi connectivity index (χ1n) is 7.97. The van der Waals surface area contributed by atoms with Gasteiger partial charge >= 0.3 is 5.97 Å². The van der Waals surface area contributed by atoms with E-state index in [1.807, 2.05) is 13.0 Å². The standard InChI is InChI=1S/C18H27NO2/c1-4-21-17(20)15-10-11-16(18(2,3)12-15)19-13-14-8-6-5-7-9-14/h5-9,15-16,19H,4,10-13H2,1-3H3/t15-,16-/m0/s1. The lowest BCUT2D eigenvalue weighted by molar-refractivity contribution is -0.151. The van der Waals surface area contributed by atoms with Crippen LogP contribution in [0.15, 0.2) is 30.3 Å². The molecule has 0 unspecified atom stereocenters. The van der Waals surface area contributed by atoms with E-state index in [1.54, 1.807) is 0 Å². The molecule has 0 heterocycles. The fraction of sp³-hybridized carbons (Fsp3) is 0.611. The first kappa shape index (κ1) is 16.0. The number of carbonyl (C=O) groups is 1. The Labute approximate surface area is 128 Å². The van der Waals surface area contributed by atoms with Crippen LogP contribution in [0.5, 0.6) is 0 Å². The number of rotatable bonds is 5. The van der Waals surface area contributed by atoms with Gasteiger partial charge in [-0.15, -0.1) is 0 Å². The van der Waals surface area contributed by atoms with Gasteiger partial charge in [-0.2, -0.15) is 0 Å². The monoisotopic (exact) mass is 289 g/mol. The molecule has 0 saturated heterocycles. The van der Waals surface area contributed by atoms with Crippen LogP contribution in [0, 0.1) is 11.3 Å². The molecule has 2 atom stereocenters. The molecule has 0 amide bonds. The lowest BCUT2D eigenvalue weighted by Crippen LogP contribution is -2.47. The molecule has 0 radical (unpaired) electrons. The predicted molar refractivity (Wildman–Crippen MR) is 84.8 cm³/mol. The highest BCUT2D eigenvalue weighted by Gasteiger charge is 2.39. The van der Waals surface area contributed by atoms with Gasteiger partial charge in [0.2, 0.25) is 0 Å². The van der Waals surface area contributed by atoms with Gasteiger partial charge in [0, 0.05) is 12.6 Å². The van der Waals surface area contributed by atoms with Crippen molar-refractivity contribution in [3.8, 4) is 0 Å². The highest BCUT2D eigenvalue weighted by molar-refractivity contribution is 5.72. The van der Waals surface area contributed by atoms with Gasteiger partial charge in [0.1, 0.15) is 0 Å². The highest BCUT2D eigenvalue weighted by atomic mass is 16.5.